The van der Waals surface area contributed by atoms with E-state index in [0.717, 1.165) is 30.0 Å². The van der Waals surface area contributed by atoms with E-state index in [2.05, 4.69) is 17.2 Å². The van der Waals surface area contributed by atoms with Crippen LogP contribution in [-0.2, 0) is 19.6 Å². The monoisotopic (exact) mass is 308 g/mol. The summed E-state index contributed by atoms with van der Waals surface area (Å²) in [5.74, 6) is 1.74. The van der Waals surface area contributed by atoms with Crippen molar-refractivity contribution in [1.82, 2.24) is 9.78 Å². The number of benzene rings is 2. The molecule has 2 aromatic carbocycles. The maximum Gasteiger partial charge on any atom is 0.119 e. The lowest BCUT2D eigenvalue weighted by Crippen LogP contribution is -2.01. The van der Waals surface area contributed by atoms with Gasteiger partial charge in [0.25, 0.3) is 0 Å². The van der Waals surface area contributed by atoms with Crippen LogP contribution in [0.15, 0.2) is 67.0 Å². The fourth-order valence-corrected chi connectivity index (χ4v) is 2.32. The van der Waals surface area contributed by atoms with E-state index in [1.807, 2.05) is 53.3 Å². The molecule has 0 aliphatic heterocycles. The molecule has 0 saturated heterocycles. The van der Waals surface area contributed by atoms with Gasteiger partial charge >= 0.3 is 0 Å². The van der Waals surface area contributed by atoms with E-state index in [4.69, 9.17) is 9.47 Å². The molecule has 0 saturated carbocycles. The van der Waals surface area contributed by atoms with Crippen LogP contribution in [0.3, 0.4) is 0 Å². The molecule has 4 nitrogen and oxygen atoms in total. The molecule has 0 N–H and O–H groups in total. The third-order valence-electron chi connectivity index (χ3n) is 3.68. The summed E-state index contributed by atoms with van der Waals surface area (Å²) < 4.78 is 12.9. The highest BCUT2D eigenvalue weighted by Gasteiger charge is 1.99. The zero-order valence-corrected chi connectivity index (χ0v) is 13.2. The summed E-state index contributed by atoms with van der Waals surface area (Å²) in [5.41, 5.74) is 2.39. The number of hydrogen-bond donors (Lipinski definition) is 0. The van der Waals surface area contributed by atoms with Gasteiger partial charge in [0, 0.05) is 18.9 Å². The Balaban J connectivity index is 1.50. The van der Waals surface area contributed by atoms with Gasteiger partial charge in [-0.1, -0.05) is 24.3 Å². The number of methoxy groups -OCH3 is 1. The molecule has 3 rings (SSSR count). The van der Waals surface area contributed by atoms with Crippen LogP contribution in [0.2, 0.25) is 0 Å². The summed E-state index contributed by atoms with van der Waals surface area (Å²) in [4.78, 5) is 0. The Morgan fingerprint density at radius 1 is 0.913 bits per heavy atom. The first-order valence-corrected chi connectivity index (χ1v) is 7.65. The molecule has 0 aliphatic rings. The summed E-state index contributed by atoms with van der Waals surface area (Å²) in [6, 6.07) is 18.1. The third kappa shape index (κ3) is 4.36. The van der Waals surface area contributed by atoms with E-state index in [1.165, 1.54) is 5.56 Å². The predicted molar refractivity (Wildman–Crippen MR) is 89.7 cm³/mol. The third-order valence-corrected chi connectivity index (χ3v) is 3.68. The molecular formula is C19H20N2O2. The molecule has 0 aliphatic carbocycles. The van der Waals surface area contributed by atoms with E-state index in [-0.39, 0.29) is 0 Å². The number of nitrogens with zero attached hydrogens (tertiary/aromatic N) is 2. The van der Waals surface area contributed by atoms with Crippen molar-refractivity contribution in [3.05, 3.63) is 78.1 Å². The van der Waals surface area contributed by atoms with Gasteiger partial charge in [-0.3, -0.25) is 4.68 Å². The van der Waals surface area contributed by atoms with Gasteiger partial charge in [-0.15, -0.1) is 0 Å². The van der Waals surface area contributed by atoms with Gasteiger partial charge in [0.1, 0.15) is 18.1 Å². The fraction of sp³-hybridized carbons (Fsp3) is 0.211. The van der Waals surface area contributed by atoms with Crippen LogP contribution in [0.25, 0.3) is 0 Å². The molecular weight excluding hydrogens is 288 g/mol. The average molecular weight is 308 g/mol. The smallest absolute Gasteiger partial charge is 0.119 e. The number of aromatic nitrogens is 2. The minimum atomic E-state index is 0.552. The lowest BCUT2D eigenvalue weighted by molar-refractivity contribution is 0.306. The van der Waals surface area contributed by atoms with Crippen molar-refractivity contribution in [2.24, 2.45) is 0 Å². The quantitative estimate of drug-likeness (QED) is 0.667. The van der Waals surface area contributed by atoms with E-state index < -0.39 is 0 Å². The topological polar surface area (TPSA) is 36.3 Å². The maximum absolute atomic E-state index is 5.81. The molecule has 1 heterocycles. The first kappa shape index (κ1) is 15.2. The van der Waals surface area contributed by atoms with Crippen molar-refractivity contribution < 1.29 is 9.47 Å². The minimum Gasteiger partial charge on any atom is -0.497 e. The zero-order chi connectivity index (χ0) is 15.9. The molecule has 23 heavy (non-hydrogen) atoms. The summed E-state index contributed by atoms with van der Waals surface area (Å²) in [6.07, 6.45) is 4.74. The Labute approximate surface area is 136 Å². The highest BCUT2D eigenvalue weighted by Crippen LogP contribution is 2.16. The van der Waals surface area contributed by atoms with E-state index in [1.54, 1.807) is 13.3 Å². The summed E-state index contributed by atoms with van der Waals surface area (Å²) in [7, 11) is 1.67. The number of hydrogen-bond acceptors (Lipinski definition) is 3. The summed E-state index contributed by atoms with van der Waals surface area (Å²) >= 11 is 0. The van der Waals surface area contributed by atoms with Gasteiger partial charge in [-0.25, -0.2) is 0 Å². The molecule has 0 spiro atoms. The van der Waals surface area contributed by atoms with Gasteiger partial charge in [0.05, 0.1) is 7.11 Å². The Morgan fingerprint density at radius 3 is 2.26 bits per heavy atom. The number of aryl methyl sites for hydroxylation is 2. The standard InChI is InChI=1S/C19H20N2O2/c1-22-18-7-5-17(6-8-18)15-23-19-9-3-16(4-10-19)11-14-21-13-2-12-20-21/h2-10,12-13H,11,14-15H2,1H3. The van der Waals surface area contributed by atoms with Crippen molar-refractivity contribution >= 4 is 0 Å². The van der Waals surface area contributed by atoms with E-state index >= 15 is 0 Å². The largest absolute Gasteiger partial charge is 0.497 e. The summed E-state index contributed by atoms with van der Waals surface area (Å²) in [5, 5.41) is 4.21. The molecule has 0 fully saturated rings. The van der Waals surface area contributed by atoms with Crippen LogP contribution in [-0.4, -0.2) is 16.9 Å². The number of ether oxygens (including phenoxy) is 2. The second-order valence-corrected chi connectivity index (χ2v) is 5.30. The zero-order valence-electron chi connectivity index (χ0n) is 13.2. The van der Waals surface area contributed by atoms with Crippen molar-refractivity contribution in [2.45, 2.75) is 19.6 Å². The highest BCUT2D eigenvalue weighted by molar-refractivity contribution is 5.29. The van der Waals surface area contributed by atoms with Crippen LogP contribution in [0.5, 0.6) is 11.5 Å². The van der Waals surface area contributed by atoms with Gasteiger partial charge in [-0.2, -0.15) is 5.10 Å². The van der Waals surface area contributed by atoms with Gasteiger partial charge in [-0.05, 0) is 47.9 Å². The van der Waals surface area contributed by atoms with Crippen LogP contribution in [0.1, 0.15) is 11.1 Å². The van der Waals surface area contributed by atoms with E-state index in [9.17, 15) is 0 Å². The van der Waals surface area contributed by atoms with Crippen molar-refractivity contribution in [3.8, 4) is 11.5 Å². The van der Waals surface area contributed by atoms with Crippen LogP contribution < -0.4 is 9.47 Å². The Hall–Kier alpha value is -2.75. The molecule has 3 aromatic rings. The van der Waals surface area contributed by atoms with Crippen LogP contribution in [0.4, 0.5) is 0 Å². The average Bonchev–Trinajstić information content (AvgIpc) is 3.13. The number of rotatable bonds is 7. The SMILES string of the molecule is COc1ccc(COc2ccc(CCn3cccn3)cc2)cc1. The molecule has 0 amide bonds. The normalized spacial score (nSPS) is 10.5. The van der Waals surface area contributed by atoms with E-state index in [0.29, 0.717) is 6.61 Å². The molecule has 0 unspecified atom stereocenters. The minimum absolute atomic E-state index is 0.552. The van der Waals surface area contributed by atoms with Gasteiger partial charge < -0.3 is 9.47 Å². The molecule has 0 atom stereocenters. The predicted octanol–water partition coefficient (Wildman–Crippen LogP) is 3.71. The van der Waals surface area contributed by atoms with Crippen molar-refractivity contribution in [2.75, 3.05) is 7.11 Å². The Bertz CT molecular complexity index is 704. The molecule has 118 valence electrons. The Morgan fingerprint density at radius 2 is 1.61 bits per heavy atom. The van der Waals surface area contributed by atoms with Crippen LogP contribution >= 0.6 is 0 Å². The second-order valence-electron chi connectivity index (χ2n) is 5.30. The van der Waals surface area contributed by atoms with Gasteiger partial charge in [0.15, 0.2) is 0 Å². The molecule has 0 radical (unpaired) electrons. The second kappa shape index (κ2) is 7.49. The molecule has 4 heteroatoms. The first-order valence-electron chi connectivity index (χ1n) is 7.65. The highest BCUT2D eigenvalue weighted by atomic mass is 16.5. The summed E-state index contributed by atoms with van der Waals surface area (Å²) in [6.45, 7) is 1.44. The Kier molecular flexibility index (Phi) is 4.94. The lowest BCUT2D eigenvalue weighted by atomic mass is 10.1. The molecule has 0 bridgehead atoms. The maximum atomic E-state index is 5.81. The molecule has 1 aromatic heterocycles. The van der Waals surface area contributed by atoms with Crippen molar-refractivity contribution in [1.29, 1.82) is 0 Å². The van der Waals surface area contributed by atoms with Gasteiger partial charge in [0.2, 0.25) is 0 Å². The van der Waals surface area contributed by atoms with Crippen LogP contribution in [0, 0.1) is 0 Å². The first-order chi connectivity index (χ1) is 11.3. The fourth-order valence-electron chi connectivity index (χ4n) is 2.32. The van der Waals surface area contributed by atoms with Crippen molar-refractivity contribution in [3.63, 3.8) is 0 Å². The lowest BCUT2D eigenvalue weighted by Gasteiger charge is -2.08.